The summed E-state index contributed by atoms with van der Waals surface area (Å²) in [5, 5.41) is 2.76. The highest BCUT2D eigenvalue weighted by atomic mass is 32.1. The molecule has 0 aliphatic rings. The van der Waals surface area contributed by atoms with Crippen molar-refractivity contribution in [2.75, 3.05) is 7.11 Å². The van der Waals surface area contributed by atoms with Crippen molar-refractivity contribution in [1.82, 2.24) is 4.98 Å². The van der Waals surface area contributed by atoms with Crippen LogP contribution in [0.25, 0.3) is 10.6 Å². The molecule has 0 radical (unpaired) electrons. The first-order valence-corrected chi connectivity index (χ1v) is 8.80. The summed E-state index contributed by atoms with van der Waals surface area (Å²) in [7, 11) is 1.64. The topological polar surface area (TPSA) is 48.4 Å². The van der Waals surface area contributed by atoms with Crippen molar-refractivity contribution in [1.29, 1.82) is 0 Å². The SMILES string of the molecule is COc1ccc(-c2nc(CC(=O)Oc3ccc(C)cc3C)cs2)cc1. The highest BCUT2D eigenvalue weighted by Crippen LogP contribution is 2.26. The van der Waals surface area contributed by atoms with Crippen molar-refractivity contribution < 1.29 is 14.3 Å². The molecule has 0 fully saturated rings. The van der Waals surface area contributed by atoms with E-state index in [0.29, 0.717) is 11.4 Å². The van der Waals surface area contributed by atoms with E-state index in [9.17, 15) is 4.79 Å². The maximum atomic E-state index is 12.2. The lowest BCUT2D eigenvalue weighted by atomic mass is 10.1. The first-order chi connectivity index (χ1) is 12.0. The van der Waals surface area contributed by atoms with Gasteiger partial charge in [-0.2, -0.15) is 0 Å². The molecule has 4 nitrogen and oxygen atoms in total. The molecule has 25 heavy (non-hydrogen) atoms. The molecule has 0 unspecified atom stereocenters. The number of hydrogen-bond donors (Lipinski definition) is 0. The highest BCUT2D eigenvalue weighted by Gasteiger charge is 2.12. The molecule has 1 heterocycles. The molecule has 0 atom stereocenters. The smallest absolute Gasteiger partial charge is 0.317 e. The average Bonchev–Trinajstić information content (AvgIpc) is 3.06. The van der Waals surface area contributed by atoms with Gasteiger partial charge in [-0.3, -0.25) is 4.79 Å². The zero-order valence-corrected chi connectivity index (χ0v) is 15.2. The molecule has 0 aliphatic heterocycles. The quantitative estimate of drug-likeness (QED) is 0.497. The molecule has 3 rings (SSSR count). The number of aryl methyl sites for hydroxylation is 2. The monoisotopic (exact) mass is 353 g/mol. The van der Waals surface area contributed by atoms with Gasteiger partial charge in [0.05, 0.1) is 19.2 Å². The Bertz CT molecular complexity index is 884. The molecule has 128 valence electrons. The van der Waals surface area contributed by atoms with Crippen LogP contribution in [0.3, 0.4) is 0 Å². The maximum Gasteiger partial charge on any atom is 0.317 e. The molecule has 2 aromatic carbocycles. The molecule has 1 aromatic heterocycles. The Morgan fingerprint density at radius 2 is 1.88 bits per heavy atom. The Kier molecular flexibility index (Phi) is 5.14. The van der Waals surface area contributed by atoms with Crippen molar-refractivity contribution in [3.05, 3.63) is 64.7 Å². The molecule has 0 N–H and O–H groups in total. The zero-order chi connectivity index (χ0) is 17.8. The van der Waals surface area contributed by atoms with E-state index in [1.165, 1.54) is 11.3 Å². The third-order valence-electron chi connectivity index (χ3n) is 3.77. The number of methoxy groups -OCH3 is 1. The first-order valence-electron chi connectivity index (χ1n) is 7.92. The minimum atomic E-state index is -0.307. The third-order valence-corrected chi connectivity index (χ3v) is 4.71. The van der Waals surface area contributed by atoms with Gasteiger partial charge in [0.15, 0.2) is 0 Å². The van der Waals surface area contributed by atoms with Gasteiger partial charge in [-0.25, -0.2) is 4.98 Å². The number of nitrogens with zero attached hydrogens (tertiary/aromatic N) is 1. The molecule has 5 heteroatoms. The minimum absolute atomic E-state index is 0.153. The maximum absolute atomic E-state index is 12.2. The van der Waals surface area contributed by atoms with E-state index < -0.39 is 0 Å². The van der Waals surface area contributed by atoms with E-state index in [2.05, 4.69) is 4.98 Å². The summed E-state index contributed by atoms with van der Waals surface area (Å²) in [5.41, 5.74) is 3.80. The lowest BCUT2D eigenvalue weighted by molar-refractivity contribution is -0.133. The van der Waals surface area contributed by atoms with E-state index in [1.54, 1.807) is 7.11 Å². The summed E-state index contributed by atoms with van der Waals surface area (Å²) in [6.45, 7) is 3.94. The predicted molar refractivity (Wildman–Crippen MR) is 99.4 cm³/mol. The molecule has 0 saturated carbocycles. The van der Waals surface area contributed by atoms with Gasteiger partial charge in [0.2, 0.25) is 0 Å². The van der Waals surface area contributed by atoms with Crippen LogP contribution in [-0.4, -0.2) is 18.1 Å². The van der Waals surface area contributed by atoms with E-state index >= 15 is 0 Å². The fourth-order valence-electron chi connectivity index (χ4n) is 2.47. The normalized spacial score (nSPS) is 10.5. The van der Waals surface area contributed by atoms with Crippen LogP contribution in [0, 0.1) is 13.8 Å². The number of carbonyl (C=O) groups excluding carboxylic acids is 1. The van der Waals surface area contributed by atoms with Crippen LogP contribution in [0.5, 0.6) is 11.5 Å². The molecule has 0 amide bonds. The van der Waals surface area contributed by atoms with Gasteiger partial charge in [0.25, 0.3) is 0 Å². The standard InChI is InChI=1S/C20H19NO3S/c1-13-4-9-18(14(2)10-13)24-19(22)11-16-12-25-20(21-16)15-5-7-17(23-3)8-6-15/h4-10,12H,11H2,1-3H3. The number of thiazole rings is 1. The van der Waals surface area contributed by atoms with Crippen LogP contribution < -0.4 is 9.47 Å². The van der Waals surface area contributed by atoms with Crippen LogP contribution >= 0.6 is 11.3 Å². The molecule has 0 saturated heterocycles. The summed E-state index contributed by atoms with van der Waals surface area (Å²) >= 11 is 1.51. The van der Waals surface area contributed by atoms with Crippen molar-refractivity contribution in [2.45, 2.75) is 20.3 Å². The third kappa shape index (κ3) is 4.25. The van der Waals surface area contributed by atoms with Crippen molar-refractivity contribution in [2.24, 2.45) is 0 Å². The second-order valence-electron chi connectivity index (χ2n) is 5.79. The first kappa shape index (κ1) is 17.2. The van der Waals surface area contributed by atoms with Crippen molar-refractivity contribution in [3.8, 4) is 22.1 Å². The number of aromatic nitrogens is 1. The Hall–Kier alpha value is -2.66. The van der Waals surface area contributed by atoms with E-state index in [1.807, 2.05) is 61.7 Å². The Labute approximate surface area is 151 Å². The fraction of sp³-hybridized carbons (Fsp3) is 0.200. The Balaban J connectivity index is 1.67. The van der Waals surface area contributed by atoms with Gasteiger partial charge >= 0.3 is 5.97 Å². The van der Waals surface area contributed by atoms with Crippen LogP contribution in [0.4, 0.5) is 0 Å². The Morgan fingerprint density at radius 3 is 2.56 bits per heavy atom. The van der Waals surface area contributed by atoms with Crippen molar-refractivity contribution in [3.63, 3.8) is 0 Å². The van der Waals surface area contributed by atoms with Crippen LogP contribution in [-0.2, 0) is 11.2 Å². The van der Waals surface area contributed by atoms with Gasteiger partial charge in [-0.1, -0.05) is 17.7 Å². The van der Waals surface area contributed by atoms with Gasteiger partial charge < -0.3 is 9.47 Å². The fourth-order valence-corrected chi connectivity index (χ4v) is 3.30. The number of carbonyl (C=O) groups is 1. The molecule has 3 aromatic rings. The number of ether oxygens (including phenoxy) is 2. The number of hydrogen-bond acceptors (Lipinski definition) is 5. The van der Waals surface area contributed by atoms with Gasteiger partial charge in [-0.15, -0.1) is 11.3 Å². The average molecular weight is 353 g/mol. The molecular weight excluding hydrogens is 334 g/mol. The Morgan fingerprint density at radius 1 is 1.12 bits per heavy atom. The zero-order valence-electron chi connectivity index (χ0n) is 14.4. The van der Waals surface area contributed by atoms with Crippen molar-refractivity contribution >= 4 is 17.3 Å². The molecule has 0 spiro atoms. The second kappa shape index (κ2) is 7.49. The largest absolute Gasteiger partial charge is 0.497 e. The molecular formula is C20H19NO3S. The van der Waals surface area contributed by atoms with E-state index in [-0.39, 0.29) is 12.4 Å². The van der Waals surface area contributed by atoms with E-state index in [0.717, 1.165) is 27.4 Å². The van der Waals surface area contributed by atoms with Crippen LogP contribution in [0.2, 0.25) is 0 Å². The van der Waals surface area contributed by atoms with Gasteiger partial charge in [0, 0.05) is 10.9 Å². The van der Waals surface area contributed by atoms with Crippen LogP contribution in [0.15, 0.2) is 47.8 Å². The minimum Gasteiger partial charge on any atom is -0.497 e. The second-order valence-corrected chi connectivity index (χ2v) is 6.65. The summed E-state index contributed by atoms with van der Waals surface area (Å²) in [4.78, 5) is 16.7. The number of rotatable bonds is 5. The predicted octanol–water partition coefficient (Wildman–Crippen LogP) is 4.58. The highest BCUT2D eigenvalue weighted by molar-refractivity contribution is 7.13. The van der Waals surface area contributed by atoms with Crippen LogP contribution in [0.1, 0.15) is 16.8 Å². The molecule has 0 bridgehead atoms. The lowest BCUT2D eigenvalue weighted by Crippen LogP contribution is -2.12. The summed E-state index contributed by atoms with van der Waals surface area (Å²) in [6, 6.07) is 13.4. The number of esters is 1. The lowest BCUT2D eigenvalue weighted by Gasteiger charge is -2.07. The summed E-state index contributed by atoms with van der Waals surface area (Å²) in [6.07, 6.45) is 0.153. The van der Waals surface area contributed by atoms with Gasteiger partial charge in [-0.05, 0) is 49.7 Å². The van der Waals surface area contributed by atoms with E-state index in [4.69, 9.17) is 9.47 Å². The summed E-state index contributed by atoms with van der Waals surface area (Å²) < 4.78 is 10.6. The number of benzene rings is 2. The summed E-state index contributed by atoms with van der Waals surface area (Å²) in [5.74, 6) is 1.09. The molecule has 0 aliphatic carbocycles. The van der Waals surface area contributed by atoms with Gasteiger partial charge in [0.1, 0.15) is 16.5 Å².